The fraction of sp³-hybridized carbons (Fsp3) is 0.235. The highest BCUT2D eigenvalue weighted by Crippen LogP contribution is 2.22. The number of rotatable bonds is 6. The van der Waals surface area contributed by atoms with Crippen LogP contribution in [0.2, 0.25) is 0 Å². The van der Waals surface area contributed by atoms with Crippen LogP contribution in [-0.4, -0.2) is 27.1 Å². The van der Waals surface area contributed by atoms with Gasteiger partial charge in [-0.1, -0.05) is 36.4 Å². The lowest BCUT2D eigenvalue weighted by Crippen LogP contribution is -2.33. The minimum Gasteiger partial charge on any atom is -0.326 e. The lowest BCUT2D eigenvalue weighted by Gasteiger charge is -2.23. The van der Waals surface area contributed by atoms with Crippen molar-refractivity contribution in [2.24, 2.45) is 0 Å². The molecular formula is C17H20N2O3S. The van der Waals surface area contributed by atoms with Gasteiger partial charge in [-0.2, -0.15) is 0 Å². The number of anilines is 2. The van der Waals surface area contributed by atoms with E-state index in [1.807, 2.05) is 37.3 Å². The Bertz CT molecular complexity index is 773. The summed E-state index contributed by atoms with van der Waals surface area (Å²) >= 11 is 0. The average molecular weight is 332 g/mol. The van der Waals surface area contributed by atoms with Gasteiger partial charge in [-0.25, -0.2) is 8.42 Å². The maximum Gasteiger partial charge on any atom is 0.232 e. The lowest BCUT2D eigenvalue weighted by atomic mass is 10.2. The van der Waals surface area contributed by atoms with Crippen molar-refractivity contribution in [1.82, 2.24) is 0 Å². The Hall–Kier alpha value is -2.34. The zero-order chi connectivity index (χ0) is 16.9. The summed E-state index contributed by atoms with van der Waals surface area (Å²) in [6.45, 7) is 1.94. The molecule has 2 rings (SSSR count). The highest BCUT2D eigenvalue weighted by Gasteiger charge is 2.19. The Morgan fingerprint density at radius 2 is 1.65 bits per heavy atom. The number of nitrogens with one attached hydrogen (secondary N) is 1. The van der Waals surface area contributed by atoms with Crippen LogP contribution >= 0.6 is 0 Å². The molecule has 1 N–H and O–H groups in total. The van der Waals surface area contributed by atoms with Crippen LogP contribution in [0.1, 0.15) is 12.0 Å². The number of amides is 1. The summed E-state index contributed by atoms with van der Waals surface area (Å²) in [5.74, 6) is -0.224. The SMILES string of the molecule is Cc1ccccc1N(CCC(=O)Nc1ccccc1)S(C)(=O)=O. The molecule has 0 radical (unpaired) electrons. The molecule has 0 aromatic heterocycles. The number of sulfonamides is 1. The second-order valence-electron chi connectivity index (χ2n) is 5.29. The summed E-state index contributed by atoms with van der Waals surface area (Å²) in [6, 6.07) is 16.3. The average Bonchev–Trinajstić information content (AvgIpc) is 2.49. The number of carbonyl (C=O) groups is 1. The van der Waals surface area contributed by atoms with E-state index in [1.54, 1.807) is 24.3 Å². The zero-order valence-corrected chi connectivity index (χ0v) is 14.0. The van der Waals surface area contributed by atoms with E-state index in [1.165, 1.54) is 4.31 Å². The van der Waals surface area contributed by atoms with E-state index in [0.29, 0.717) is 11.4 Å². The van der Waals surface area contributed by atoms with Crippen LogP contribution in [0.5, 0.6) is 0 Å². The Morgan fingerprint density at radius 3 is 2.26 bits per heavy atom. The first kappa shape index (κ1) is 17.0. The molecule has 0 atom stereocenters. The topological polar surface area (TPSA) is 66.5 Å². The Labute approximate surface area is 137 Å². The molecule has 2 aromatic rings. The van der Waals surface area contributed by atoms with E-state index in [0.717, 1.165) is 11.8 Å². The van der Waals surface area contributed by atoms with E-state index in [4.69, 9.17) is 0 Å². The predicted molar refractivity (Wildman–Crippen MR) is 93.1 cm³/mol. The first-order chi connectivity index (χ1) is 10.9. The van der Waals surface area contributed by atoms with Crippen molar-refractivity contribution in [3.63, 3.8) is 0 Å². The van der Waals surface area contributed by atoms with Gasteiger partial charge in [0.25, 0.3) is 0 Å². The number of aryl methyl sites for hydroxylation is 1. The second-order valence-corrected chi connectivity index (χ2v) is 7.19. The maximum absolute atomic E-state index is 12.0. The molecule has 0 saturated heterocycles. The summed E-state index contributed by atoms with van der Waals surface area (Å²) in [7, 11) is -3.46. The molecule has 0 saturated carbocycles. The molecule has 0 aliphatic rings. The Kier molecular flexibility index (Phi) is 5.39. The van der Waals surface area contributed by atoms with Crippen molar-refractivity contribution < 1.29 is 13.2 Å². The number of para-hydroxylation sites is 2. The van der Waals surface area contributed by atoms with Crippen LogP contribution in [0.4, 0.5) is 11.4 Å². The molecule has 23 heavy (non-hydrogen) atoms. The first-order valence-corrected chi connectivity index (χ1v) is 9.11. The molecule has 0 fully saturated rings. The highest BCUT2D eigenvalue weighted by molar-refractivity contribution is 7.92. The molecule has 0 aliphatic heterocycles. The molecule has 122 valence electrons. The fourth-order valence-corrected chi connectivity index (χ4v) is 3.24. The molecule has 0 unspecified atom stereocenters. The quantitative estimate of drug-likeness (QED) is 0.884. The normalized spacial score (nSPS) is 11.0. The third-order valence-corrected chi connectivity index (χ3v) is 4.56. The molecule has 6 heteroatoms. The molecule has 1 amide bonds. The zero-order valence-electron chi connectivity index (χ0n) is 13.2. The number of nitrogens with zero attached hydrogens (tertiary/aromatic N) is 1. The van der Waals surface area contributed by atoms with Crippen LogP contribution in [-0.2, 0) is 14.8 Å². The van der Waals surface area contributed by atoms with Crippen molar-refractivity contribution in [3.8, 4) is 0 Å². The van der Waals surface area contributed by atoms with Crippen LogP contribution in [0.3, 0.4) is 0 Å². The van der Waals surface area contributed by atoms with Gasteiger partial charge in [0.05, 0.1) is 11.9 Å². The van der Waals surface area contributed by atoms with Crippen molar-refractivity contribution in [3.05, 3.63) is 60.2 Å². The number of benzene rings is 2. The minimum absolute atomic E-state index is 0.0797. The van der Waals surface area contributed by atoms with Crippen molar-refractivity contribution in [2.75, 3.05) is 22.4 Å². The van der Waals surface area contributed by atoms with Gasteiger partial charge in [0.2, 0.25) is 15.9 Å². The number of carbonyl (C=O) groups excluding carboxylic acids is 1. The van der Waals surface area contributed by atoms with E-state index < -0.39 is 10.0 Å². The molecule has 0 spiro atoms. The molecule has 5 nitrogen and oxygen atoms in total. The Morgan fingerprint density at radius 1 is 1.04 bits per heavy atom. The van der Waals surface area contributed by atoms with Gasteiger partial charge in [-0.15, -0.1) is 0 Å². The van der Waals surface area contributed by atoms with Crippen molar-refractivity contribution in [2.45, 2.75) is 13.3 Å². The monoisotopic (exact) mass is 332 g/mol. The van der Waals surface area contributed by atoms with Gasteiger partial charge in [-0.3, -0.25) is 9.10 Å². The maximum atomic E-state index is 12.0. The summed E-state index contributed by atoms with van der Waals surface area (Å²) in [6.07, 6.45) is 1.23. The summed E-state index contributed by atoms with van der Waals surface area (Å²) in [5, 5.41) is 2.75. The van der Waals surface area contributed by atoms with Crippen LogP contribution in [0, 0.1) is 6.92 Å². The van der Waals surface area contributed by atoms with Gasteiger partial charge in [0.1, 0.15) is 0 Å². The van der Waals surface area contributed by atoms with Crippen LogP contribution in [0.25, 0.3) is 0 Å². The van der Waals surface area contributed by atoms with Gasteiger partial charge < -0.3 is 5.32 Å². The van der Waals surface area contributed by atoms with Gasteiger partial charge in [0, 0.05) is 18.7 Å². The summed E-state index contributed by atoms with van der Waals surface area (Å²) in [4.78, 5) is 12.0. The molecule has 0 aliphatic carbocycles. The smallest absolute Gasteiger partial charge is 0.232 e. The first-order valence-electron chi connectivity index (χ1n) is 7.26. The molecule has 2 aromatic carbocycles. The van der Waals surface area contributed by atoms with Crippen molar-refractivity contribution in [1.29, 1.82) is 0 Å². The second kappa shape index (κ2) is 7.28. The number of hydrogen-bond donors (Lipinski definition) is 1. The molecular weight excluding hydrogens is 312 g/mol. The molecule has 0 heterocycles. The van der Waals surface area contributed by atoms with Gasteiger partial charge >= 0.3 is 0 Å². The number of hydrogen-bond acceptors (Lipinski definition) is 3. The molecule has 0 bridgehead atoms. The van der Waals surface area contributed by atoms with Gasteiger partial charge in [-0.05, 0) is 30.7 Å². The van der Waals surface area contributed by atoms with Crippen molar-refractivity contribution >= 4 is 27.3 Å². The van der Waals surface area contributed by atoms with Crippen LogP contribution in [0.15, 0.2) is 54.6 Å². The third-order valence-electron chi connectivity index (χ3n) is 3.38. The third kappa shape index (κ3) is 4.82. The van der Waals surface area contributed by atoms with Gasteiger partial charge in [0.15, 0.2) is 0 Å². The van der Waals surface area contributed by atoms with E-state index >= 15 is 0 Å². The summed E-state index contributed by atoms with van der Waals surface area (Å²) < 4.78 is 25.4. The van der Waals surface area contributed by atoms with E-state index in [9.17, 15) is 13.2 Å². The summed E-state index contributed by atoms with van der Waals surface area (Å²) in [5.41, 5.74) is 2.14. The van der Waals surface area contributed by atoms with Crippen LogP contribution < -0.4 is 9.62 Å². The van der Waals surface area contributed by atoms with E-state index in [-0.39, 0.29) is 18.9 Å². The predicted octanol–water partition coefficient (Wildman–Crippen LogP) is 2.79. The Balaban J connectivity index is 2.08. The lowest BCUT2D eigenvalue weighted by molar-refractivity contribution is -0.116. The standard InChI is InChI=1S/C17H20N2O3S/c1-14-8-6-7-11-16(14)19(23(2,21)22)13-12-17(20)18-15-9-4-3-5-10-15/h3-11H,12-13H2,1-2H3,(H,18,20). The van der Waals surface area contributed by atoms with E-state index in [2.05, 4.69) is 5.32 Å². The minimum atomic E-state index is -3.46. The highest BCUT2D eigenvalue weighted by atomic mass is 32.2. The largest absolute Gasteiger partial charge is 0.326 e. The fourth-order valence-electron chi connectivity index (χ4n) is 2.26.